The summed E-state index contributed by atoms with van der Waals surface area (Å²) < 4.78 is 5.35. The summed E-state index contributed by atoms with van der Waals surface area (Å²) in [4.78, 5) is 4.44. The molecule has 1 unspecified atom stereocenters. The van der Waals surface area contributed by atoms with Crippen LogP contribution < -0.4 is 5.32 Å². The zero-order valence-corrected chi connectivity index (χ0v) is 13.8. The zero-order valence-electron chi connectivity index (χ0n) is 12.2. The fraction of sp³-hybridized carbons (Fsp3) is 0.786. The van der Waals surface area contributed by atoms with E-state index in [0.717, 1.165) is 41.6 Å². The second-order valence-corrected chi connectivity index (χ2v) is 7.59. The van der Waals surface area contributed by atoms with Gasteiger partial charge in [-0.3, -0.25) is 5.32 Å². The van der Waals surface area contributed by atoms with E-state index >= 15 is 0 Å². The Morgan fingerprint density at radius 3 is 2.90 bits per heavy atom. The number of thioether (sulfide) groups is 1. The average molecular weight is 310 g/mol. The second-order valence-electron chi connectivity index (χ2n) is 5.50. The second kappa shape index (κ2) is 7.39. The number of rotatable bonds is 9. The van der Waals surface area contributed by atoms with Crippen molar-refractivity contribution in [1.82, 2.24) is 14.7 Å². The summed E-state index contributed by atoms with van der Waals surface area (Å²) in [6.45, 7) is 4.10. The molecule has 0 amide bonds. The Kier molecular flexibility index (Phi) is 5.82. The zero-order chi connectivity index (χ0) is 14.4. The lowest BCUT2D eigenvalue weighted by molar-refractivity contribution is 0.402. The van der Waals surface area contributed by atoms with E-state index in [-0.39, 0.29) is 5.54 Å². The molecule has 1 aromatic heterocycles. The lowest BCUT2D eigenvalue weighted by atomic mass is 9.96. The Morgan fingerprint density at radius 1 is 1.50 bits per heavy atom. The van der Waals surface area contributed by atoms with Gasteiger partial charge in [0.05, 0.1) is 6.07 Å². The highest BCUT2D eigenvalue weighted by Crippen LogP contribution is 2.26. The molecule has 110 valence electrons. The topological polar surface area (TPSA) is 61.6 Å². The molecule has 1 heterocycles. The standard InChI is InChI=1S/C14H22N4S2/c1-3-12-16-13(20-18-12)19-9-5-4-8-14(2,10-15)17-11-6-7-11/h11,17H,3-9H2,1-2H3. The highest BCUT2D eigenvalue weighted by atomic mass is 32.2. The number of nitrogens with one attached hydrogen (secondary N) is 1. The van der Waals surface area contributed by atoms with E-state index in [1.807, 2.05) is 6.92 Å². The number of hydrogen-bond donors (Lipinski definition) is 1. The molecule has 1 fully saturated rings. The molecule has 0 saturated heterocycles. The van der Waals surface area contributed by atoms with Crippen LogP contribution in [0.2, 0.25) is 0 Å². The van der Waals surface area contributed by atoms with Gasteiger partial charge >= 0.3 is 0 Å². The lowest BCUT2D eigenvalue weighted by Crippen LogP contribution is -2.42. The summed E-state index contributed by atoms with van der Waals surface area (Å²) in [5.74, 6) is 2.01. The van der Waals surface area contributed by atoms with Gasteiger partial charge in [-0.15, -0.1) is 0 Å². The molecule has 1 N–H and O–H groups in total. The Balaban J connectivity index is 1.61. The maximum absolute atomic E-state index is 9.29. The van der Waals surface area contributed by atoms with Gasteiger partial charge in [-0.2, -0.15) is 9.64 Å². The van der Waals surface area contributed by atoms with Gasteiger partial charge in [0.15, 0.2) is 4.34 Å². The van der Waals surface area contributed by atoms with Crippen LogP contribution in [0.15, 0.2) is 4.34 Å². The molecule has 1 aromatic rings. The molecule has 2 rings (SSSR count). The molecule has 0 aliphatic heterocycles. The fourth-order valence-corrected chi connectivity index (χ4v) is 3.78. The molecule has 1 aliphatic rings. The van der Waals surface area contributed by atoms with Crippen LogP contribution in [0.25, 0.3) is 0 Å². The van der Waals surface area contributed by atoms with Crippen molar-refractivity contribution in [3.05, 3.63) is 5.82 Å². The Bertz CT molecular complexity index is 464. The molecular formula is C14H22N4S2. The van der Waals surface area contributed by atoms with Crippen molar-refractivity contribution >= 4 is 23.3 Å². The number of unbranched alkanes of at least 4 members (excludes halogenated alkanes) is 1. The fourth-order valence-electron chi connectivity index (χ4n) is 2.02. The van der Waals surface area contributed by atoms with Gasteiger partial charge in [0.2, 0.25) is 0 Å². The molecule has 0 aromatic carbocycles. The Labute approximate surface area is 129 Å². The van der Waals surface area contributed by atoms with E-state index in [9.17, 15) is 5.26 Å². The van der Waals surface area contributed by atoms with Crippen LogP contribution in [-0.2, 0) is 6.42 Å². The van der Waals surface area contributed by atoms with Crippen LogP contribution in [-0.4, -0.2) is 26.7 Å². The van der Waals surface area contributed by atoms with Crippen LogP contribution in [0.1, 0.15) is 51.8 Å². The van der Waals surface area contributed by atoms with Crippen molar-refractivity contribution in [1.29, 1.82) is 5.26 Å². The molecule has 1 atom stereocenters. The van der Waals surface area contributed by atoms with Gasteiger partial charge in [0.25, 0.3) is 0 Å². The number of nitriles is 1. The van der Waals surface area contributed by atoms with Gasteiger partial charge in [-0.1, -0.05) is 18.7 Å². The highest BCUT2D eigenvalue weighted by Gasteiger charge is 2.31. The summed E-state index contributed by atoms with van der Waals surface area (Å²) in [6.07, 6.45) is 6.49. The van der Waals surface area contributed by atoms with Crippen molar-refractivity contribution in [2.24, 2.45) is 0 Å². The van der Waals surface area contributed by atoms with E-state index < -0.39 is 0 Å². The number of aryl methyl sites for hydroxylation is 1. The first-order valence-electron chi connectivity index (χ1n) is 7.29. The quantitative estimate of drug-likeness (QED) is 0.559. The van der Waals surface area contributed by atoms with Gasteiger partial charge < -0.3 is 0 Å². The largest absolute Gasteiger partial charge is 0.297 e. The molecule has 20 heavy (non-hydrogen) atoms. The maximum atomic E-state index is 9.29. The first kappa shape index (κ1) is 15.7. The summed E-state index contributed by atoms with van der Waals surface area (Å²) in [5, 5.41) is 12.7. The Hall–Kier alpha value is -0.640. The summed E-state index contributed by atoms with van der Waals surface area (Å²) in [6, 6.07) is 3.02. The SMILES string of the molecule is CCc1nsc(SCCCCC(C)(C#N)NC2CC2)n1. The molecular weight excluding hydrogens is 288 g/mol. The minimum atomic E-state index is -0.343. The predicted octanol–water partition coefficient (Wildman–Crippen LogP) is 3.40. The predicted molar refractivity (Wildman–Crippen MR) is 84.0 cm³/mol. The van der Waals surface area contributed by atoms with Crippen LogP contribution in [0.3, 0.4) is 0 Å². The first-order valence-corrected chi connectivity index (χ1v) is 9.05. The van der Waals surface area contributed by atoms with Crippen molar-refractivity contribution in [3.8, 4) is 6.07 Å². The summed E-state index contributed by atoms with van der Waals surface area (Å²) in [5.41, 5.74) is -0.343. The maximum Gasteiger partial charge on any atom is 0.170 e. The third kappa shape index (κ3) is 5.04. The van der Waals surface area contributed by atoms with Gasteiger partial charge in [0, 0.05) is 18.2 Å². The molecule has 4 nitrogen and oxygen atoms in total. The van der Waals surface area contributed by atoms with Crippen molar-refractivity contribution in [2.45, 2.75) is 68.3 Å². The van der Waals surface area contributed by atoms with Crippen molar-refractivity contribution in [2.75, 3.05) is 5.75 Å². The van der Waals surface area contributed by atoms with Crippen molar-refractivity contribution < 1.29 is 0 Å². The van der Waals surface area contributed by atoms with E-state index in [2.05, 4.69) is 27.7 Å². The van der Waals surface area contributed by atoms with Crippen LogP contribution in [0.5, 0.6) is 0 Å². The van der Waals surface area contributed by atoms with E-state index in [0.29, 0.717) is 6.04 Å². The summed E-state index contributed by atoms with van der Waals surface area (Å²) >= 11 is 3.28. The van der Waals surface area contributed by atoms with Gasteiger partial charge in [0.1, 0.15) is 11.4 Å². The van der Waals surface area contributed by atoms with Gasteiger partial charge in [-0.05, 0) is 50.6 Å². The first-order chi connectivity index (χ1) is 9.65. The van der Waals surface area contributed by atoms with E-state index in [1.54, 1.807) is 11.8 Å². The smallest absolute Gasteiger partial charge is 0.170 e. The third-order valence-electron chi connectivity index (χ3n) is 3.41. The summed E-state index contributed by atoms with van der Waals surface area (Å²) in [7, 11) is 0. The molecule has 6 heteroatoms. The molecule has 1 saturated carbocycles. The van der Waals surface area contributed by atoms with Crippen LogP contribution in [0.4, 0.5) is 0 Å². The highest BCUT2D eigenvalue weighted by molar-refractivity contribution is 8.00. The number of aromatic nitrogens is 2. The van der Waals surface area contributed by atoms with E-state index in [4.69, 9.17) is 0 Å². The van der Waals surface area contributed by atoms with Crippen LogP contribution >= 0.6 is 23.3 Å². The van der Waals surface area contributed by atoms with E-state index in [1.165, 1.54) is 24.4 Å². The monoisotopic (exact) mass is 310 g/mol. The number of hydrogen-bond acceptors (Lipinski definition) is 6. The molecule has 1 aliphatic carbocycles. The average Bonchev–Trinajstić information content (AvgIpc) is 3.13. The molecule has 0 bridgehead atoms. The van der Waals surface area contributed by atoms with Crippen LogP contribution in [0, 0.1) is 11.3 Å². The van der Waals surface area contributed by atoms with Crippen molar-refractivity contribution in [3.63, 3.8) is 0 Å². The number of nitrogens with zero attached hydrogens (tertiary/aromatic N) is 3. The minimum absolute atomic E-state index is 0.343. The minimum Gasteiger partial charge on any atom is -0.297 e. The molecule has 0 spiro atoms. The Morgan fingerprint density at radius 2 is 2.30 bits per heavy atom. The molecule has 0 radical (unpaired) electrons. The lowest BCUT2D eigenvalue weighted by Gasteiger charge is -2.23. The normalized spacial score (nSPS) is 17.6. The van der Waals surface area contributed by atoms with Gasteiger partial charge in [-0.25, -0.2) is 4.98 Å². The third-order valence-corrected chi connectivity index (χ3v) is 5.37.